The Morgan fingerprint density at radius 3 is 2.59 bits per heavy atom. The molecule has 6 nitrogen and oxygen atoms in total. The highest BCUT2D eigenvalue weighted by Crippen LogP contribution is 2.50. The number of halogens is 4. The summed E-state index contributed by atoms with van der Waals surface area (Å²) in [5, 5.41) is 0.0854. The van der Waals surface area contributed by atoms with Crippen LogP contribution in [0.2, 0.25) is 0 Å². The molecule has 0 spiro atoms. The number of hydrogen-bond donors (Lipinski definition) is 1. The average Bonchev–Trinajstić information content (AvgIpc) is 3.04. The molecule has 4 atom stereocenters. The molecule has 1 aromatic rings. The molecule has 1 aromatic carbocycles. The molecule has 0 aromatic heterocycles. The molecule has 158 valence electrons. The Morgan fingerprint density at radius 1 is 1.34 bits per heavy atom. The van der Waals surface area contributed by atoms with E-state index in [-0.39, 0.29) is 11.3 Å². The van der Waals surface area contributed by atoms with Crippen molar-refractivity contribution in [1.82, 2.24) is 4.90 Å². The van der Waals surface area contributed by atoms with Crippen molar-refractivity contribution < 1.29 is 19.1 Å². The smallest absolute Gasteiger partial charge is 0.329 e. The SMILES string of the molecule is CC(CBr)(C(N)=O)c1ccccc1C1C(=O)N2C(C(=O)OCC(Cl)(Cl)Cl)CS[C@@H]12. The van der Waals surface area contributed by atoms with Crippen LogP contribution in [0.25, 0.3) is 0 Å². The second-order valence-electron chi connectivity index (χ2n) is 7.10. The molecule has 2 heterocycles. The zero-order valence-corrected chi connectivity index (χ0v) is 19.9. The summed E-state index contributed by atoms with van der Waals surface area (Å²) in [6, 6.07) is 6.53. The minimum Gasteiger partial charge on any atom is -0.460 e. The van der Waals surface area contributed by atoms with Gasteiger partial charge in [-0.2, -0.15) is 0 Å². The van der Waals surface area contributed by atoms with Gasteiger partial charge in [-0.05, 0) is 18.1 Å². The van der Waals surface area contributed by atoms with Crippen LogP contribution in [-0.4, -0.2) is 55.6 Å². The Hall–Kier alpha value is -0.670. The monoisotopic (exact) mass is 542 g/mol. The number of carbonyl (C=O) groups is 3. The molecule has 3 rings (SSSR count). The molecular formula is C18H18BrCl3N2O4S. The topological polar surface area (TPSA) is 89.7 Å². The molecule has 2 aliphatic heterocycles. The van der Waals surface area contributed by atoms with E-state index in [1.165, 1.54) is 16.7 Å². The third-order valence-electron chi connectivity index (χ3n) is 5.19. The first kappa shape index (κ1) is 23.0. The van der Waals surface area contributed by atoms with Gasteiger partial charge in [-0.1, -0.05) is 75.0 Å². The van der Waals surface area contributed by atoms with Gasteiger partial charge in [0.05, 0.1) is 16.7 Å². The molecule has 0 aliphatic carbocycles. The molecule has 0 saturated carbocycles. The molecule has 0 radical (unpaired) electrons. The molecule has 2 aliphatic rings. The molecular weight excluding hydrogens is 527 g/mol. The summed E-state index contributed by atoms with van der Waals surface area (Å²) in [6.07, 6.45) is 0. The van der Waals surface area contributed by atoms with Crippen LogP contribution in [0, 0.1) is 0 Å². The number of esters is 1. The number of nitrogens with two attached hydrogens (primary N) is 1. The lowest BCUT2D eigenvalue weighted by molar-refractivity contribution is -0.161. The van der Waals surface area contributed by atoms with Crippen LogP contribution in [0.5, 0.6) is 0 Å². The van der Waals surface area contributed by atoms with Gasteiger partial charge >= 0.3 is 5.97 Å². The molecule has 2 N–H and O–H groups in total. The third-order valence-corrected chi connectivity index (χ3v) is 7.99. The fourth-order valence-corrected chi connectivity index (χ4v) is 5.81. The van der Waals surface area contributed by atoms with Crippen LogP contribution in [0.3, 0.4) is 0 Å². The number of rotatable bonds is 6. The number of nitrogens with zero attached hydrogens (tertiary/aromatic N) is 1. The summed E-state index contributed by atoms with van der Waals surface area (Å²) in [6.45, 7) is 1.35. The molecule has 2 amide bonds. The minimum absolute atomic E-state index is 0.204. The number of benzene rings is 1. The van der Waals surface area contributed by atoms with Crippen LogP contribution < -0.4 is 5.73 Å². The van der Waals surface area contributed by atoms with E-state index in [4.69, 9.17) is 45.3 Å². The fraction of sp³-hybridized carbons (Fsp3) is 0.500. The largest absolute Gasteiger partial charge is 0.460 e. The summed E-state index contributed by atoms with van der Waals surface area (Å²) in [7, 11) is 0. The summed E-state index contributed by atoms with van der Waals surface area (Å²) in [4.78, 5) is 39.0. The highest BCUT2D eigenvalue weighted by molar-refractivity contribution is 9.09. The first-order valence-electron chi connectivity index (χ1n) is 8.63. The molecule has 2 saturated heterocycles. The second-order valence-corrected chi connectivity index (χ2v) is 11.3. The Morgan fingerprint density at radius 2 is 2.00 bits per heavy atom. The third kappa shape index (κ3) is 4.24. The Bertz CT molecular complexity index is 853. The van der Waals surface area contributed by atoms with Crippen molar-refractivity contribution in [3.05, 3.63) is 35.4 Å². The second kappa shape index (κ2) is 8.46. The molecule has 2 fully saturated rings. The lowest BCUT2D eigenvalue weighted by Crippen LogP contribution is -2.60. The Labute approximate surface area is 195 Å². The van der Waals surface area contributed by atoms with E-state index >= 15 is 0 Å². The van der Waals surface area contributed by atoms with Gasteiger partial charge < -0.3 is 15.4 Å². The van der Waals surface area contributed by atoms with Crippen molar-refractivity contribution in [2.45, 2.75) is 33.5 Å². The summed E-state index contributed by atoms with van der Waals surface area (Å²) in [5.41, 5.74) is 6.12. The first-order chi connectivity index (χ1) is 13.5. The lowest BCUT2D eigenvalue weighted by Gasteiger charge is -2.45. The fourth-order valence-electron chi connectivity index (χ4n) is 3.52. The van der Waals surface area contributed by atoms with Gasteiger partial charge in [-0.25, -0.2) is 4.79 Å². The predicted molar refractivity (Wildman–Crippen MR) is 118 cm³/mol. The van der Waals surface area contributed by atoms with Crippen LogP contribution in [0.1, 0.15) is 24.0 Å². The quantitative estimate of drug-likeness (QED) is 0.338. The van der Waals surface area contributed by atoms with Crippen molar-refractivity contribution >= 4 is 80.3 Å². The maximum absolute atomic E-state index is 13.0. The number of thioether (sulfide) groups is 1. The van der Waals surface area contributed by atoms with Crippen LogP contribution in [0.4, 0.5) is 0 Å². The zero-order valence-electron chi connectivity index (χ0n) is 15.2. The number of fused-ring (bicyclic) bond motifs is 1. The highest BCUT2D eigenvalue weighted by Gasteiger charge is 2.58. The van der Waals surface area contributed by atoms with E-state index in [1.807, 2.05) is 24.3 Å². The van der Waals surface area contributed by atoms with Crippen molar-refractivity contribution in [1.29, 1.82) is 0 Å². The average molecular weight is 545 g/mol. The van der Waals surface area contributed by atoms with Gasteiger partial charge in [-0.15, -0.1) is 11.8 Å². The Balaban J connectivity index is 1.83. The molecule has 29 heavy (non-hydrogen) atoms. The maximum Gasteiger partial charge on any atom is 0.329 e. The van der Waals surface area contributed by atoms with Gasteiger partial charge in [0.1, 0.15) is 12.6 Å². The molecule has 0 bridgehead atoms. The number of amides is 2. The number of primary amides is 1. The van der Waals surface area contributed by atoms with Gasteiger partial charge in [0, 0.05) is 11.1 Å². The first-order valence-corrected chi connectivity index (χ1v) is 11.9. The summed E-state index contributed by atoms with van der Waals surface area (Å²) < 4.78 is 3.34. The van der Waals surface area contributed by atoms with E-state index in [1.54, 1.807) is 6.92 Å². The van der Waals surface area contributed by atoms with Crippen molar-refractivity contribution in [3.63, 3.8) is 0 Å². The highest BCUT2D eigenvalue weighted by atomic mass is 79.9. The van der Waals surface area contributed by atoms with Crippen molar-refractivity contribution in [3.8, 4) is 0 Å². The normalized spacial score (nSPS) is 25.8. The standard InChI is InChI=1S/C18H18BrCl3N2O4S/c1-17(7-19,16(23)27)10-5-3-2-4-9(10)12-13(25)24-11(6-29-14(12)24)15(26)28-8-18(20,21)22/h2-5,11-12,14H,6-8H2,1H3,(H2,23,27)/t11?,12?,14-,17?/m0/s1. The molecule has 3 unspecified atom stereocenters. The summed E-state index contributed by atoms with van der Waals surface area (Å²) in [5.74, 6) is -1.38. The van der Waals surface area contributed by atoms with Crippen molar-refractivity contribution in [2.24, 2.45) is 5.73 Å². The van der Waals surface area contributed by atoms with E-state index in [9.17, 15) is 14.4 Å². The van der Waals surface area contributed by atoms with Gasteiger partial charge in [-0.3, -0.25) is 9.59 Å². The van der Waals surface area contributed by atoms with E-state index in [2.05, 4.69) is 15.9 Å². The lowest BCUT2D eigenvalue weighted by atomic mass is 9.75. The number of β-lactam (4-membered cyclic amide) rings is 1. The minimum atomic E-state index is -1.71. The van der Waals surface area contributed by atoms with Crippen LogP contribution in [0.15, 0.2) is 24.3 Å². The van der Waals surface area contributed by atoms with E-state index in [0.29, 0.717) is 16.6 Å². The van der Waals surface area contributed by atoms with Crippen LogP contribution >= 0.6 is 62.5 Å². The maximum atomic E-state index is 13.0. The summed E-state index contributed by atoms with van der Waals surface area (Å²) >= 11 is 21.7. The number of hydrogen-bond acceptors (Lipinski definition) is 5. The number of ether oxygens (including phenoxy) is 1. The number of alkyl halides is 4. The zero-order chi connectivity index (χ0) is 21.6. The van der Waals surface area contributed by atoms with E-state index in [0.717, 1.165) is 5.56 Å². The van der Waals surface area contributed by atoms with Gasteiger partial charge in [0.25, 0.3) is 0 Å². The van der Waals surface area contributed by atoms with Gasteiger partial charge in [0.2, 0.25) is 15.6 Å². The Kier molecular flexibility index (Phi) is 6.71. The van der Waals surface area contributed by atoms with Crippen molar-refractivity contribution in [2.75, 3.05) is 17.7 Å². The van der Waals surface area contributed by atoms with Gasteiger partial charge in [0.15, 0.2) is 0 Å². The van der Waals surface area contributed by atoms with Crippen LogP contribution in [-0.2, 0) is 24.5 Å². The predicted octanol–water partition coefficient (Wildman–Crippen LogP) is 3.11. The number of carbonyl (C=O) groups excluding carboxylic acids is 3. The molecule has 11 heteroatoms. The van der Waals surface area contributed by atoms with E-state index < -0.39 is 39.7 Å².